The first kappa shape index (κ1) is 16.1. The van der Waals surface area contributed by atoms with E-state index in [4.69, 9.17) is 4.74 Å². The molecule has 0 atom stereocenters. The Kier molecular flexibility index (Phi) is 4.26. The van der Waals surface area contributed by atoms with Gasteiger partial charge < -0.3 is 4.74 Å². The summed E-state index contributed by atoms with van der Waals surface area (Å²) < 4.78 is 32.9. The maximum absolute atomic E-state index is 12.1. The fourth-order valence-electron chi connectivity index (χ4n) is 2.38. The van der Waals surface area contributed by atoms with Gasteiger partial charge in [0, 0.05) is 0 Å². The molecule has 2 aromatic rings. The smallest absolute Gasteiger partial charge is 0.326 e. The van der Waals surface area contributed by atoms with Crippen molar-refractivity contribution in [1.29, 1.82) is 0 Å². The predicted molar refractivity (Wildman–Crippen MR) is 91.7 cm³/mol. The Morgan fingerprint density at radius 2 is 1.96 bits per heavy atom. The average Bonchev–Trinajstić information content (AvgIpc) is 2.85. The van der Waals surface area contributed by atoms with E-state index in [0.717, 1.165) is 15.4 Å². The summed E-state index contributed by atoms with van der Waals surface area (Å²) in [6.45, 7) is 3.72. The van der Waals surface area contributed by atoms with E-state index in [0.29, 0.717) is 11.4 Å². The van der Waals surface area contributed by atoms with Crippen LogP contribution in [-0.4, -0.2) is 20.9 Å². The van der Waals surface area contributed by atoms with Gasteiger partial charge in [-0.1, -0.05) is 49.1 Å². The van der Waals surface area contributed by atoms with Gasteiger partial charge in [0.05, 0.1) is 5.69 Å². The van der Waals surface area contributed by atoms with Crippen LogP contribution < -0.4 is 13.8 Å². The van der Waals surface area contributed by atoms with E-state index in [2.05, 4.69) is 6.58 Å². The van der Waals surface area contributed by atoms with Crippen molar-refractivity contribution in [3.8, 4) is 5.75 Å². The van der Waals surface area contributed by atoms with Gasteiger partial charge in [0.2, 0.25) is 0 Å². The average molecular weight is 344 g/mol. The molecule has 2 aromatic carbocycles. The van der Waals surface area contributed by atoms with Crippen LogP contribution in [0.15, 0.2) is 55.1 Å². The number of nitrogens with one attached hydrogen (secondary N) is 1. The molecular formula is C17H16N2O4S. The van der Waals surface area contributed by atoms with Crippen LogP contribution in [0.5, 0.6) is 5.75 Å². The standard InChI is InChI=1S/C17H16N2O4S/c1-2-13-8-9-15(19-11-17(20)18-24(19,21)22)16(10-13)23-12-14-6-4-3-5-7-14/h2-10H,1,11-12H2,(H,18,20). The molecule has 0 spiro atoms. The third-order valence-electron chi connectivity index (χ3n) is 3.55. The zero-order valence-corrected chi connectivity index (χ0v) is 13.6. The summed E-state index contributed by atoms with van der Waals surface area (Å²) in [6, 6.07) is 14.5. The van der Waals surface area contributed by atoms with E-state index in [1.807, 2.05) is 35.1 Å². The Morgan fingerprint density at radius 1 is 1.21 bits per heavy atom. The zero-order chi connectivity index (χ0) is 17.2. The molecule has 6 nitrogen and oxygen atoms in total. The Morgan fingerprint density at radius 3 is 2.58 bits per heavy atom. The lowest BCUT2D eigenvalue weighted by Crippen LogP contribution is -2.29. The summed E-state index contributed by atoms with van der Waals surface area (Å²) in [7, 11) is -3.89. The molecule has 0 aliphatic carbocycles. The van der Waals surface area contributed by atoms with Gasteiger partial charge in [-0.2, -0.15) is 8.42 Å². The van der Waals surface area contributed by atoms with Crippen molar-refractivity contribution in [3.63, 3.8) is 0 Å². The first-order chi connectivity index (χ1) is 11.5. The quantitative estimate of drug-likeness (QED) is 0.901. The molecule has 3 rings (SSSR count). The van der Waals surface area contributed by atoms with Crippen molar-refractivity contribution >= 4 is 27.9 Å². The number of hydrogen-bond acceptors (Lipinski definition) is 4. The molecule has 1 amide bonds. The number of nitrogens with zero attached hydrogens (tertiary/aromatic N) is 1. The van der Waals surface area contributed by atoms with Crippen molar-refractivity contribution in [3.05, 3.63) is 66.2 Å². The van der Waals surface area contributed by atoms with Gasteiger partial charge in [-0.25, -0.2) is 9.03 Å². The minimum Gasteiger partial charge on any atom is -0.487 e. The Hall–Kier alpha value is -2.80. The minimum absolute atomic E-state index is 0.266. The maximum Gasteiger partial charge on any atom is 0.326 e. The van der Waals surface area contributed by atoms with E-state index in [9.17, 15) is 13.2 Å². The largest absolute Gasteiger partial charge is 0.487 e. The van der Waals surface area contributed by atoms with Gasteiger partial charge in [0.15, 0.2) is 0 Å². The van der Waals surface area contributed by atoms with Crippen LogP contribution in [0, 0.1) is 0 Å². The number of carbonyl (C=O) groups is 1. The Labute approximate surface area is 140 Å². The van der Waals surface area contributed by atoms with Crippen LogP contribution in [-0.2, 0) is 21.6 Å². The van der Waals surface area contributed by atoms with Gasteiger partial charge >= 0.3 is 10.2 Å². The number of rotatable bonds is 5. The van der Waals surface area contributed by atoms with Crippen LogP contribution in [0.1, 0.15) is 11.1 Å². The SMILES string of the molecule is C=Cc1ccc(N2CC(=O)NS2(=O)=O)c(OCc2ccccc2)c1. The molecule has 0 saturated carbocycles. The minimum atomic E-state index is -3.89. The van der Waals surface area contributed by atoms with Gasteiger partial charge in [-0.05, 0) is 23.3 Å². The fourth-order valence-corrected chi connectivity index (χ4v) is 3.54. The molecule has 24 heavy (non-hydrogen) atoms. The summed E-state index contributed by atoms with van der Waals surface area (Å²) in [5.74, 6) is -0.201. The Bertz CT molecular complexity index is 879. The van der Waals surface area contributed by atoms with E-state index in [1.165, 1.54) is 0 Å². The fraction of sp³-hybridized carbons (Fsp3) is 0.118. The lowest BCUT2D eigenvalue weighted by atomic mass is 10.2. The van der Waals surface area contributed by atoms with Gasteiger partial charge in [-0.15, -0.1) is 0 Å². The maximum atomic E-state index is 12.1. The molecule has 1 heterocycles. The van der Waals surface area contributed by atoms with Crippen molar-refractivity contribution in [2.45, 2.75) is 6.61 Å². The molecule has 7 heteroatoms. The highest BCUT2D eigenvalue weighted by Gasteiger charge is 2.35. The van der Waals surface area contributed by atoms with E-state index in [-0.39, 0.29) is 13.2 Å². The van der Waals surface area contributed by atoms with Gasteiger partial charge in [0.1, 0.15) is 18.9 Å². The first-order valence-electron chi connectivity index (χ1n) is 7.26. The summed E-state index contributed by atoms with van der Waals surface area (Å²) in [5.41, 5.74) is 2.05. The molecule has 124 valence electrons. The number of benzene rings is 2. The molecule has 1 aliphatic rings. The molecule has 1 aliphatic heterocycles. The van der Waals surface area contributed by atoms with E-state index < -0.39 is 16.1 Å². The molecule has 0 radical (unpaired) electrons. The van der Waals surface area contributed by atoms with Crippen LogP contribution in [0.25, 0.3) is 6.08 Å². The van der Waals surface area contributed by atoms with Crippen molar-refractivity contribution in [2.75, 3.05) is 10.8 Å². The van der Waals surface area contributed by atoms with Crippen molar-refractivity contribution in [2.24, 2.45) is 0 Å². The van der Waals surface area contributed by atoms with Crippen molar-refractivity contribution in [1.82, 2.24) is 4.72 Å². The monoisotopic (exact) mass is 344 g/mol. The second-order valence-corrected chi connectivity index (χ2v) is 6.84. The van der Waals surface area contributed by atoms with E-state index >= 15 is 0 Å². The number of amides is 1. The van der Waals surface area contributed by atoms with Crippen LogP contribution >= 0.6 is 0 Å². The Balaban J connectivity index is 1.94. The summed E-state index contributed by atoms with van der Waals surface area (Å²) in [5, 5.41) is 0. The number of hydrogen-bond donors (Lipinski definition) is 1. The summed E-state index contributed by atoms with van der Waals surface area (Å²) >= 11 is 0. The second kappa shape index (κ2) is 6.37. The normalized spacial score (nSPS) is 15.8. The third-order valence-corrected chi connectivity index (χ3v) is 4.94. The van der Waals surface area contributed by atoms with E-state index in [1.54, 1.807) is 24.3 Å². The third kappa shape index (κ3) is 3.26. The predicted octanol–water partition coefficient (Wildman–Crippen LogP) is 2.09. The lowest BCUT2D eigenvalue weighted by molar-refractivity contribution is -0.117. The molecule has 1 fully saturated rings. The highest BCUT2D eigenvalue weighted by atomic mass is 32.2. The van der Waals surface area contributed by atoms with Crippen LogP contribution in [0.3, 0.4) is 0 Å². The first-order valence-corrected chi connectivity index (χ1v) is 8.70. The molecule has 1 saturated heterocycles. The molecular weight excluding hydrogens is 328 g/mol. The topological polar surface area (TPSA) is 75.7 Å². The van der Waals surface area contributed by atoms with Crippen LogP contribution in [0.4, 0.5) is 5.69 Å². The molecule has 1 N–H and O–H groups in total. The highest BCUT2D eigenvalue weighted by molar-refractivity contribution is 7.92. The molecule has 0 unspecified atom stereocenters. The highest BCUT2D eigenvalue weighted by Crippen LogP contribution is 2.33. The van der Waals surface area contributed by atoms with Crippen LogP contribution in [0.2, 0.25) is 0 Å². The lowest BCUT2D eigenvalue weighted by Gasteiger charge is -2.19. The molecule has 0 bridgehead atoms. The summed E-state index contributed by atoms with van der Waals surface area (Å²) in [6.07, 6.45) is 1.64. The van der Waals surface area contributed by atoms with Gasteiger partial charge in [-0.3, -0.25) is 4.79 Å². The number of anilines is 1. The van der Waals surface area contributed by atoms with Gasteiger partial charge in [0.25, 0.3) is 5.91 Å². The number of ether oxygens (including phenoxy) is 1. The summed E-state index contributed by atoms with van der Waals surface area (Å²) in [4.78, 5) is 11.5. The zero-order valence-electron chi connectivity index (χ0n) is 12.8. The van der Waals surface area contributed by atoms with Crippen molar-refractivity contribution < 1.29 is 17.9 Å². The molecule has 0 aromatic heterocycles. The second-order valence-electron chi connectivity index (χ2n) is 5.24. The number of carbonyl (C=O) groups excluding carboxylic acids is 1.